The summed E-state index contributed by atoms with van der Waals surface area (Å²) in [5.74, 6) is 0. The van der Waals surface area contributed by atoms with Gasteiger partial charge in [-0.25, -0.2) is 0 Å². The van der Waals surface area contributed by atoms with Gasteiger partial charge >= 0.3 is 0 Å². The van der Waals surface area contributed by atoms with Crippen LogP contribution in [-0.4, -0.2) is 15.0 Å². The number of para-hydroxylation sites is 3. The molecule has 0 aliphatic heterocycles. The Morgan fingerprint density at radius 1 is 0.438 bits per heavy atom. The molecule has 0 amide bonds. The second-order valence-corrected chi connectivity index (χ2v) is 11.9. The molecule has 0 aliphatic carbocycles. The minimum Gasteiger partial charge on any atom is -0.456 e. The fourth-order valence-corrected chi connectivity index (χ4v) is 6.81. The van der Waals surface area contributed by atoms with Crippen molar-refractivity contribution in [1.29, 1.82) is 0 Å². The molecule has 6 heteroatoms. The Labute approximate surface area is 274 Å². The quantitative estimate of drug-likeness (QED) is 0.192. The first kappa shape index (κ1) is 26.5. The number of anilines is 3. The lowest BCUT2D eigenvalue weighted by atomic mass is 10.0. The molecule has 0 unspecified atom stereocenters. The molecule has 0 spiro atoms. The van der Waals surface area contributed by atoms with Crippen molar-refractivity contribution in [2.24, 2.45) is 0 Å². The van der Waals surface area contributed by atoms with Gasteiger partial charge in [-0.05, 0) is 66.2 Å². The van der Waals surface area contributed by atoms with Crippen LogP contribution in [0.4, 0.5) is 17.1 Å². The smallest absolute Gasteiger partial charge is 0.137 e. The molecule has 0 bridgehead atoms. The number of rotatable bonds is 5. The van der Waals surface area contributed by atoms with Crippen LogP contribution in [-0.2, 0) is 0 Å². The van der Waals surface area contributed by atoms with Crippen LogP contribution < -0.4 is 4.90 Å². The molecular weight excluding hydrogens is 592 g/mol. The summed E-state index contributed by atoms with van der Waals surface area (Å²) in [5, 5.41) is 14.2. The second-order valence-electron chi connectivity index (χ2n) is 11.9. The summed E-state index contributed by atoms with van der Waals surface area (Å²) in [6.07, 6.45) is 0. The van der Waals surface area contributed by atoms with Crippen LogP contribution in [0.1, 0.15) is 0 Å². The zero-order valence-electron chi connectivity index (χ0n) is 25.6. The van der Waals surface area contributed by atoms with E-state index in [1.165, 1.54) is 0 Å². The Morgan fingerprint density at radius 3 is 1.81 bits per heavy atom. The van der Waals surface area contributed by atoms with E-state index < -0.39 is 0 Å². The maximum Gasteiger partial charge on any atom is 0.137 e. The topological polar surface area (TPSA) is 60.2 Å². The first-order valence-electron chi connectivity index (χ1n) is 15.9. The third-order valence-electron chi connectivity index (χ3n) is 9.07. The lowest BCUT2D eigenvalue weighted by molar-refractivity contribution is 0.666. The number of nitrogens with zero attached hydrogens (tertiary/aromatic N) is 4. The average Bonchev–Trinajstić information content (AvgIpc) is 3.85. The molecule has 48 heavy (non-hydrogen) atoms. The summed E-state index contributed by atoms with van der Waals surface area (Å²) in [4.78, 5) is 3.96. The van der Waals surface area contributed by atoms with E-state index in [1.54, 1.807) is 4.80 Å². The minimum atomic E-state index is 0.782. The van der Waals surface area contributed by atoms with Crippen molar-refractivity contribution in [3.8, 4) is 16.8 Å². The second kappa shape index (κ2) is 10.4. The Balaban J connectivity index is 1.13. The number of fused-ring (bicyclic) bond motifs is 7. The summed E-state index contributed by atoms with van der Waals surface area (Å²) >= 11 is 0. The Morgan fingerprint density at radius 2 is 1.02 bits per heavy atom. The highest BCUT2D eigenvalue weighted by molar-refractivity contribution is 6.07. The number of benzene rings is 7. The van der Waals surface area contributed by atoms with Gasteiger partial charge in [0.25, 0.3) is 0 Å². The number of aromatic nitrogens is 3. The van der Waals surface area contributed by atoms with Crippen molar-refractivity contribution in [2.75, 3.05) is 4.90 Å². The lowest BCUT2D eigenvalue weighted by Gasteiger charge is -2.27. The van der Waals surface area contributed by atoms with Crippen LogP contribution >= 0.6 is 0 Å². The maximum absolute atomic E-state index is 6.34. The SMILES string of the molecule is c1ccc(-c2ccccc2N(c2ccc3nn(-c4ccc5c(c4)oc4ccccc45)nc3c2)c2ccc3c(c2)oc2ccccc23)cc1. The molecule has 3 heterocycles. The number of furan rings is 2. The molecule has 0 radical (unpaired) electrons. The molecule has 0 saturated carbocycles. The summed E-state index contributed by atoms with van der Waals surface area (Å²) in [7, 11) is 0. The molecule has 3 aromatic heterocycles. The first-order chi connectivity index (χ1) is 23.8. The van der Waals surface area contributed by atoms with E-state index in [-0.39, 0.29) is 0 Å². The average molecular weight is 619 g/mol. The highest BCUT2D eigenvalue weighted by Gasteiger charge is 2.20. The van der Waals surface area contributed by atoms with Gasteiger partial charge in [0.1, 0.15) is 33.4 Å². The molecule has 10 rings (SSSR count). The molecule has 0 saturated heterocycles. The summed E-state index contributed by atoms with van der Waals surface area (Å²) < 4.78 is 12.5. The van der Waals surface area contributed by atoms with Gasteiger partial charge in [0.15, 0.2) is 0 Å². The summed E-state index contributed by atoms with van der Waals surface area (Å²) in [6.45, 7) is 0. The molecule has 0 fully saturated rings. The molecular formula is C42H26N4O2. The van der Waals surface area contributed by atoms with Crippen LogP contribution in [0.3, 0.4) is 0 Å². The lowest BCUT2D eigenvalue weighted by Crippen LogP contribution is -2.11. The van der Waals surface area contributed by atoms with E-state index in [1.807, 2.05) is 60.7 Å². The molecule has 10 aromatic rings. The van der Waals surface area contributed by atoms with Gasteiger partial charge in [-0.15, -0.1) is 10.2 Å². The van der Waals surface area contributed by atoms with E-state index in [2.05, 4.69) is 102 Å². The zero-order chi connectivity index (χ0) is 31.6. The molecule has 226 valence electrons. The number of hydrogen-bond acceptors (Lipinski definition) is 5. The molecule has 0 atom stereocenters. The molecule has 0 aliphatic rings. The monoisotopic (exact) mass is 618 g/mol. The Bertz CT molecular complexity index is 2810. The van der Waals surface area contributed by atoms with Gasteiger partial charge in [0, 0.05) is 50.6 Å². The predicted octanol–water partition coefficient (Wildman–Crippen LogP) is 11.4. The van der Waals surface area contributed by atoms with Gasteiger partial charge in [-0.3, -0.25) is 0 Å². The summed E-state index contributed by atoms with van der Waals surface area (Å²) in [6, 6.07) is 54.0. The minimum absolute atomic E-state index is 0.782. The fraction of sp³-hybridized carbons (Fsp3) is 0. The van der Waals surface area contributed by atoms with E-state index >= 15 is 0 Å². The van der Waals surface area contributed by atoms with Crippen LogP contribution in [0.2, 0.25) is 0 Å². The van der Waals surface area contributed by atoms with E-state index in [0.717, 1.165) is 88.8 Å². The van der Waals surface area contributed by atoms with Crippen LogP contribution in [0.15, 0.2) is 167 Å². The maximum atomic E-state index is 6.34. The predicted molar refractivity (Wildman–Crippen MR) is 194 cm³/mol. The van der Waals surface area contributed by atoms with Crippen molar-refractivity contribution in [3.63, 3.8) is 0 Å². The van der Waals surface area contributed by atoms with Crippen molar-refractivity contribution in [2.45, 2.75) is 0 Å². The van der Waals surface area contributed by atoms with Crippen LogP contribution in [0.25, 0.3) is 71.7 Å². The highest BCUT2D eigenvalue weighted by atomic mass is 16.3. The van der Waals surface area contributed by atoms with Crippen LogP contribution in [0.5, 0.6) is 0 Å². The van der Waals surface area contributed by atoms with Gasteiger partial charge in [0.2, 0.25) is 0 Å². The Kier molecular flexibility index (Phi) is 5.77. The zero-order valence-corrected chi connectivity index (χ0v) is 25.6. The first-order valence-corrected chi connectivity index (χ1v) is 15.9. The van der Waals surface area contributed by atoms with E-state index in [0.29, 0.717) is 0 Å². The number of hydrogen-bond donors (Lipinski definition) is 0. The third kappa shape index (κ3) is 4.20. The van der Waals surface area contributed by atoms with Gasteiger partial charge in [-0.2, -0.15) is 4.80 Å². The fourth-order valence-electron chi connectivity index (χ4n) is 6.81. The van der Waals surface area contributed by atoms with Crippen molar-refractivity contribution in [3.05, 3.63) is 158 Å². The Hall–Kier alpha value is -6.66. The standard InChI is InChI=1S/C42H26N4O2/c1-2-10-27(11-3-1)31-12-4-7-15-38(31)45(29-18-21-34-32-13-5-8-16-39(32)47-41(34)25-29)28-20-23-36-37(24-28)44-46(43-36)30-19-22-35-33-14-6-9-17-40(33)48-42(35)26-30/h1-26H. The van der Waals surface area contributed by atoms with Gasteiger partial charge in [-0.1, -0.05) is 84.9 Å². The van der Waals surface area contributed by atoms with E-state index in [9.17, 15) is 0 Å². The third-order valence-corrected chi connectivity index (χ3v) is 9.07. The van der Waals surface area contributed by atoms with Gasteiger partial charge < -0.3 is 13.7 Å². The van der Waals surface area contributed by atoms with Crippen molar-refractivity contribution >= 4 is 72.0 Å². The van der Waals surface area contributed by atoms with Crippen molar-refractivity contribution < 1.29 is 8.83 Å². The molecule has 7 aromatic carbocycles. The van der Waals surface area contributed by atoms with Crippen molar-refractivity contribution in [1.82, 2.24) is 15.0 Å². The molecule has 0 N–H and O–H groups in total. The highest BCUT2D eigenvalue weighted by Crippen LogP contribution is 2.43. The van der Waals surface area contributed by atoms with E-state index in [4.69, 9.17) is 19.0 Å². The largest absolute Gasteiger partial charge is 0.456 e. The molecule has 6 nitrogen and oxygen atoms in total. The van der Waals surface area contributed by atoms with Crippen LogP contribution in [0, 0.1) is 0 Å². The van der Waals surface area contributed by atoms with Gasteiger partial charge in [0.05, 0.1) is 11.4 Å². The summed E-state index contributed by atoms with van der Waals surface area (Å²) in [5.41, 5.74) is 11.0. The normalized spacial score (nSPS) is 11.8.